The summed E-state index contributed by atoms with van der Waals surface area (Å²) in [4.78, 5) is 19.8. The van der Waals surface area contributed by atoms with Crippen molar-refractivity contribution in [3.63, 3.8) is 0 Å². The third kappa shape index (κ3) is 3.93. The van der Waals surface area contributed by atoms with E-state index in [-0.39, 0.29) is 12.2 Å². The van der Waals surface area contributed by atoms with Crippen LogP contribution in [0, 0.1) is 4.77 Å². The van der Waals surface area contributed by atoms with Crippen molar-refractivity contribution in [2.75, 3.05) is 38.2 Å². The summed E-state index contributed by atoms with van der Waals surface area (Å²) in [6.45, 7) is 3.22. The number of anilines is 1. The Morgan fingerprint density at radius 1 is 1.16 bits per heavy atom. The molecule has 31 heavy (non-hydrogen) atoms. The predicted octanol–water partition coefficient (Wildman–Crippen LogP) is 4.37. The van der Waals surface area contributed by atoms with Crippen LogP contribution < -0.4 is 9.64 Å². The summed E-state index contributed by atoms with van der Waals surface area (Å²) in [5.74, 6) is 0.728. The zero-order chi connectivity index (χ0) is 21.4. The van der Waals surface area contributed by atoms with Gasteiger partial charge in [0.2, 0.25) is 0 Å². The van der Waals surface area contributed by atoms with Crippen molar-refractivity contribution in [3.8, 4) is 5.75 Å². The number of amides is 1. The van der Waals surface area contributed by atoms with Gasteiger partial charge in [-0.1, -0.05) is 18.2 Å². The molecule has 1 amide bonds. The van der Waals surface area contributed by atoms with Gasteiger partial charge < -0.3 is 19.0 Å². The first-order valence-electron chi connectivity index (χ1n) is 10.7. The number of para-hydroxylation sites is 2. The molecule has 1 unspecified atom stereocenters. The summed E-state index contributed by atoms with van der Waals surface area (Å²) < 4.78 is 14.0. The summed E-state index contributed by atoms with van der Waals surface area (Å²) in [5.41, 5.74) is 3.06. The van der Waals surface area contributed by atoms with Crippen LogP contribution in [0.5, 0.6) is 5.75 Å². The van der Waals surface area contributed by atoms with E-state index >= 15 is 0 Å². The lowest BCUT2D eigenvalue weighted by Gasteiger charge is -2.33. The van der Waals surface area contributed by atoms with Crippen molar-refractivity contribution in [2.45, 2.75) is 25.0 Å². The van der Waals surface area contributed by atoms with Gasteiger partial charge in [-0.2, -0.15) is 0 Å². The molecule has 1 aromatic heterocycles. The Morgan fingerprint density at radius 3 is 2.77 bits per heavy atom. The van der Waals surface area contributed by atoms with E-state index in [2.05, 4.69) is 32.7 Å². The molecule has 2 saturated heterocycles. The lowest BCUT2D eigenvalue weighted by molar-refractivity contribution is 0.0927. The highest BCUT2D eigenvalue weighted by atomic mass is 32.1. The van der Waals surface area contributed by atoms with Crippen LogP contribution in [0.1, 0.15) is 18.9 Å². The van der Waals surface area contributed by atoms with E-state index < -0.39 is 0 Å². The number of hydrogen-bond acceptors (Lipinski definition) is 5. The largest absolute Gasteiger partial charge is 0.497 e. The van der Waals surface area contributed by atoms with Crippen molar-refractivity contribution in [1.29, 1.82) is 0 Å². The maximum Gasteiger partial charge on any atom is 0.414 e. The molecule has 0 saturated carbocycles. The van der Waals surface area contributed by atoms with Gasteiger partial charge in [-0.15, -0.1) is 0 Å². The minimum absolute atomic E-state index is 0.134. The van der Waals surface area contributed by atoms with Crippen molar-refractivity contribution >= 4 is 35.0 Å². The Labute approximate surface area is 186 Å². The van der Waals surface area contributed by atoms with Crippen molar-refractivity contribution in [2.24, 2.45) is 0 Å². The van der Waals surface area contributed by atoms with E-state index in [0.29, 0.717) is 12.6 Å². The molecule has 162 valence electrons. The molecule has 8 heteroatoms. The number of imidazole rings is 1. The molecule has 0 bridgehead atoms. The van der Waals surface area contributed by atoms with Crippen LogP contribution in [0.2, 0.25) is 0 Å². The van der Waals surface area contributed by atoms with Gasteiger partial charge in [0.05, 0.1) is 30.4 Å². The molecule has 1 atom stereocenters. The third-order valence-electron chi connectivity index (χ3n) is 6.25. The Balaban J connectivity index is 1.21. The Morgan fingerprint density at radius 2 is 1.97 bits per heavy atom. The zero-order valence-corrected chi connectivity index (χ0v) is 18.3. The second kappa shape index (κ2) is 8.36. The first kappa shape index (κ1) is 20.1. The number of nitrogens with one attached hydrogen (secondary N) is 1. The average Bonchev–Trinajstić information content (AvgIpc) is 3.33. The number of aromatic amines is 1. The normalized spacial score (nSPS) is 20.4. The van der Waals surface area contributed by atoms with Gasteiger partial charge in [-0.3, -0.25) is 9.80 Å². The number of H-pyrrole nitrogens is 1. The molecule has 0 radical (unpaired) electrons. The highest BCUT2D eigenvalue weighted by molar-refractivity contribution is 7.71. The number of carbonyl (C=O) groups excluding carboxylic acids is 1. The third-order valence-corrected chi connectivity index (χ3v) is 6.55. The number of aromatic nitrogens is 2. The van der Waals surface area contributed by atoms with E-state index in [1.165, 1.54) is 5.52 Å². The summed E-state index contributed by atoms with van der Waals surface area (Å²) in [7, 11) is 1.62. The minimum Gasteiger partial charge on any atom is -0.497 e. The molecule has 7 nitrogen and oxygen atoms in total. The number of fused-ring (bicyclic) bond motifs is 1. The van der Waals surface area contributed by atoms with Crippen LogP contribution >= 0.6 is 12.2 Å². The molecule has 0 aliphatic carbocycles. The van der Waals surface area contributed by atoms with E-state index in [4.69, 9.17) is 21.7 Å². The van der Waals surface area contributed by atoms with Gasteiger partial charge in [0.1, 0.15) is 11.9 Å². The van der Waals surface area contributed by atoms with Crippen molar-refractivity contribution < 1.29 is 14.3 Å². The van der Waals surface area contributed by atoms with Gasteiger partial charge in [-0.05, 0) is 49.3 Å². The van der Waals surface area contributed by atoms with Crippen LogP contribution in [0.3, 0.4) is 0 Å². The molecular weight excluding hydrogens is 412 g/mol. The molecule has 2 aliphatic rings. The highest BCUT2D eigenvalue weighted by Gasteiger charge is 2.34. The molecular formula is C23H26N4O3S. The van der Waals surface area contributed by atoms with Crippen LogP contribution in [0.4, 0.5) is 10.5 Å². The lowest BCUT2D eigenvalue weighted by Crippen LogP contribution is -2.40. The Hall–Kier alpha value is -2.84. The Bertz CT molecular complexity index is 1150. The summed E-state index contributed by atoms with van der Waals surface area (Å²) in [5, 5.41) is 0. The van der Waals surface area contributed by atoms with Gasteiger partial charge in [0, 0.05) is 31.7 Å². The van der Waals surface area contributed by atoms with Crippen molar-refractivity contribution in [1.82, 2.24) is 14.5 Å². The standard InChI is InChI=1S/C23H26N4O3S/c1-29-18-6-4-5-17(13-18)26-15-19(30-23(26)28)14-25-11-9-16(10-12-25)27-21-8-3-2-7-20(21)24-22(27)31/h2-8,13,16,19H,9-12,14-15H2,1H3,(H,24,31). The molecule has 3 heterocycles. The van der Waals surface area contributed by atoms with Crippen LogP contribution in [-0.2, 0) is 4.74 Å². The number of hydrogen-bond donors (Lipinski definition) is 1. The van der Waals surface area contributed by atoms with Crippen LogP contribution in [-0.4, -0.2) is 59.9 Å². The van der Waals surface area contributed by atoms with E-state index in [9.17, 15) is 4.79 Å². The fraction of sp³-hybridized carbons (Fsp3) is 0.391. The average molecular weight is 439 g/mol. The molecule has 3 aromatic rings. The van der Waals surface area contributed by atoms with E-state index in [0.717, 1.165) is 54.2 Å². The van der Waals surface area contributed by atoms with Gasteiger partial charge in [-0.25, -0.2) is 4.79 Å². The molecule has 0 spiro atoms. The number of carbonyl (C=O) groups is 1. The van der Waals surface area contributed by atoms with Gasteiger partial charge in [0.25, 0.3) is 0 Å². The fourth-order valence-electron chi connectivity index (χ4n) is 4.69. The van der Waals surface area contributed by atoms with E-state index in [1.807, 2.05) is 30.3 Å². The number of rotatable bonds is 5. The number of likely N-dealkylation sites (tertiary alicyclic amines) is 1. The number of cyclic esters (lactones) is 1. The highest BCUT2D eigenvalue weighted by Crippen LogP contribution is 2.29. The van der Waals surface area contributed by atoms with Crippen LogP contribution in [0.25, 0.3) is 11.0 Å². The fourth-order valence-corrected chi connectivity index (χ4v) is 5.05. The summed E-state index contributed by atoms with van der Waals surface area (Å²) in [6.07, 6.45) is 1.62. The first-order chi connectivity index (χ1) is 15.1. The first-order valence-corrected chi connectivity index (χ1v) is 11.1. The Kier molecular flexibility index (Phi) is 5.41. The molecule has 2 fully saturated rings. The number of methoxy groups -OCH3 is 1. The second-order valence-electron chi connectivity index (χ2n) is 8.17. The number of ether oxygens (including phenoxy) is 2. The number of nitrogens with zero attached hydrogens (tertiary/aromatic N) is 3. The monoisotopic (exact) mass is 438 g/mol. The van der Waals surface area contributed by atoms with Crippen molar-refractivity contribution in [3.05, 3.63) is 53.3 Å². The lowest BCUT2D eigenvalue weighted by atomic mass is 10.0. The smallest absolute Gasteiger partial charge is 0.414 e. The van der Waals surface area contributed by atoms with Crippen LogP contribution in [0.15, 0.2) is 48.5 Å². The number of piperidine rings is 1. The number of benzene rings is 2. The molecule has 2 aliphatic heterocycles. The maximum absolute atomic E-state index is 12.4. The van der Waals surface area contributed by atoms with Gasteiger partial charge >= 0.3 is 6.09 Å². The molecule has 2 aromatic carbocycles. The SMILES string of the molecule is COc1cccc(N2CC(CN3CCC(n4c(=S)[nH]c5ccccc54)CC3)OC2=O)c1. The second-order valence-corrected chi connectivity index (χ2v) is 8.55. The molecule has 5 rings (SSSR count). The predicted molar refractivity (Wildman–Crippen MR) is 122 cm³/mol. The molecule has 1 N–H and O–H groups in total. The minimum atomic E-state index is -0.293. The van der Waals surface area contributed by atoms with E-state index in [1.54, 1.807) is 12.0 Å². The van der Waals surface area contributed by atoms with Gasteiger partial charge in [0.15, 0.2) is 4.77 Å². The zero-order valence-electron chi connectivity index (χ0n) is 17.5. The quantitative estimate of drug-likeness (QED) is 0.600. The maximum atomic E-state index is 12.4. The summed E-state index contributed by atoms with van der Waals surface area (Å²) >= 11 is 5.59. The topological polar surface area (TPSA) is 62.7 Å². The summed E-state index contributed by atoms with van der Waals surface area (Å²) in [6, 6.07) is 16.2.